The summed E-state index contributed by atoms with van der Waals surface area (Å²) in [7, 11) is 0. The highest BCUT2D eigenvalue weighted by Gasteiger charge is 2.13. The molecule has 2 rings (SSSR count). The van der Waals surface area contributed by atoms with E-state index < -0.39 is 12.2 Å². The summed E-state index contributed by atoms with van der Waals surface area (Å²) in [6.45, 7) is 0.638. The number of benzene rings is 2. The minimum Gasteiger partial charge on any atom is -0.450 e. The molecule has 7 heteroatoms. The maximum atomic E-state index is 12.0. The summed E-state index contributed by atoms with van der Waals surface area (Å²) in [5.41, 5.74) is 12.1. The van der Waals surface area contributed by atoms with Crippen molar-refractivity contribution >= 4 is 28.5 Å². The van der Waals surface area contributed by atoms with Crippen LogP contribution in [0.25, 0.3) is 10.8 Å². The second-order valence-corrected chi connectivity index (χ2v) is 5.22. The van der Waals surface area contributed by atoms with Gasteiger partial charge in [0.1, 0.15) is 0 Å². The second kappa shape index (κ2) is 10.2. The minimum absolute atomic E-state index is 0.141. The minimum atomic E-state index is -1.83. The van der Waals surface area contributed by atoms with Crippen molar-refractivity contribution in [2.24, 2.45) is 11.5 Å². The molecule has 0 radical (unpaired) electrons. The maximum absolute atomic E-state index is 12.0. The molecule has 0 aliphatic rings. The molecule has 0 saturated carbocycles. The van der Waals surface area contributed by atoms with Crippen molar-refractivity contribution in [2.75, 3.05) is 11.9 Å². The topological polar surface area (TPSA) is 139 Å². The number of carboxylic acid groups (broad SMARTS) is 2. The Balaban J connectivity index is 0.000000648. The number of hydrogen-bond donors (Lipinski definition) is 5. The Bertz CT molecular complexity index is 672. The Morgan fingerprint density at radius 1 is 1.04 bits per heavy atom. The van der Waals surface area contributed by atoms with Gasteiger partial charge in [-0.2, -0.15) is 0 Å². The standard InChI is InChI=1S/C16H21N3O.CH2O3/c17-10-4-3-7-15(18)16(20)19-14-9-8-12-5-1-2-6-13(12)11-14;2-1(3)4/h1-2,5-6,8-9,11,15H,3-4,7,10,17-18H2,(H,19,20);(H2,2,3,4)/t15-;/m1./s1. The van der Waals surface area contributed by atoms with Gasteiger partial charge in [0.2, 0.25) is 5.91 Å². The van der Waals surface area contributed by atoms with Gasteiger partial charge >= 0.3 is 6.16 Å². The van der Waals surface area contributed by atoms with Crippen LogP contribution < -0.4 is 16.8 Å². The molecule has 130 valence electrons. The first-order chi connectivity index (χ1) is 11.4. The number of carbonyl (C=O) groups is 2. The van der Waals surface area contributed by atoms with Crippen LogP contribution in [0.2, 0.25) is 0 Å². The molecule has 0 bridgehead atoms. The van der Waals surface area contributed by atoms with E-state index in [1.54, 1.807) is 0 Å². The molecule has 0 aliphatic heterocycles. The Morgan fingerprint density at radius 3 is 2.29 bits per heavy atom. The maximum Gasteiger partial charge on any atom is 0.503 e. The van der Waals surface area contributed by atoms with Crippen LogP contribution >= 0.6 is 0 Å². The summed E-state index contributed by atoms with van der Waals surface area (Å²) in [4.78, 5) is 20.5. The van der Waals surface area contributed by atoms with Gasteiger partial charge < -0.3 is 27.0 Å². The first-order valence-corrected chi connectivity index (χ1v) is 7.61. The third-order valence-corrected chi connectivity index (χ3v) is 3.32. The normalized spacial score (nSPS) is 11.2. The molecule has 7 N–H and O–H groups in total. The van der Waals surface area contributed by atoms with E-state index in [1.807, 2.05) is 42.5 Å². The number of nitrogens with one attached hydrogen (secondary N) is 1. The van der Waals surface area contributed by atoms with E-state index in [-0.39, 0.29) is 5.91 Å². The lowest BCUT2D eigenvalue weighted by Gasteiger charge is -2.12. The van der Waals surface area contributed by atoms with Gasteiger partial charge in [-0.15, -0.1) is 0 Å². The van der Waals surface area contributed by atoms with E-state index in [9.17, 15) is 4.79 Å². The van der Waals surface area contributed by atoms with Crippen molar-refractivity contribution in [1.82, 2.24) is 0 Å². The van der Waals surface area contributed by atoms with Crippen molar-refractivity contribution in [3.05, 3.63) is 42.5 Å². The highest BCUT2D eigenvalue weighted by atomic mass is 16.6. The van der Waals surface area contributed by atoms with Gasteiger partial charge in [0.25, 0.3) is 0 Å². The molecule has 0 aliphatic carbocycles. The molecule has 2 aromatic rings. The fourth-order valence-corrected chi connectivity index (χ4v) is 2.14. The summed E-state index contributed by atoms with van der Waals surface area (Å²) in [5.74, 6) is -0.141. The lowest BCUT2D eigenvalue weighted by Crippen LogP contribution is -2.35. The summed E-state index contributed by atoms with van der Waals surface area (Å²) in [6.07, 6.45) is 0.608. The van der Waals surface area contributed by atoms with E-state index >= 15 is 0 Å². The summed E-state index contributed by atoms with van der Waals surface area (Å²) < 4.78 is 0. The molecule has 0 saturated heterocycles. The zero-order valence-electron chi connectivity index (χ0n) is 13.3. The van der Waals surface area contributed by atoms with Crippen LogP contribution in [0.4, 0.5) is 10.5 Å². The van der Waals surface area contributed by atoms with Crippen LogP contribution in [-0.2, 0) is 4.79 Å². The molecule has 2 aromatic carbocycles. The quantitative estimate of drug-likeness (QED) is 0.515. The fraction of sp³-hybridized carbons (Fsp3) is 0.294. The molecule has 7 nitrogen and oxygen atoms in total. The number of hydrogen-bond acceptors (Lipinski definition) is 4. The van der Waals surface area contributed by atoms with E-state index in [1.165, 1.54) is 0 Å². The molecule has 0 unspecified atom stereocenters. The van der Waals surface area contributed by atoms with Crippen LogP contribution in [0.3, 0.4) is 0 Å². The number of rotatable bonds is 6. The van der Waals surface area contributed by atoms with Gasteiger partial charge in [-0.1, -0.05) is 36.8 Å². The van der Waals surface area contributed by atoms with Gasteiger partial charge in [0, 0.05) is 5.69 Å². The molecule has 0 fully saturated rings. The Morgan fingerprint density at radius 2 is 1.67 bits per heavy atom. The van der Waals surface area contributed by atoms with Gasteiger partial charge in [0.15, 0.2) is 0 Å². The molecular formula is C17H23N3O4. The lowest BCUT2D eigenvalue weighted by atomic mass is 10.1. The largest absolute Gasteiger partial charge is 0.503 e. The van der Waals surface area contributed by atoms with E-state index in [0.29, 0.717) is 13.0 Å². The number of nitrogens with two attached hydrogens (primary N) is 2. The Kier molecular flexibility index (Phi) is 8.24. The zero-order valence-corrected chi connectivity index (χ0v) is 13.3. The highest BCUT2D eigenvalue weighted by molar-refractivity contribution is 5.97. The Labute approximate surface area is 140 Å². The fourth-order valence-electron chi connectivity index (χ4n) is 2.14. The van der Waals surface area contributed by atoms with Gasteiger partial charge in [-0.3, -0.25) is 4.79 Å². The monoisotopic (exact) mass is 333 g/mol. The molecule has 0 aromatic heterocycles. The van der Waals surface area contributed by atoms with Gasteiger partial charge in [-0.05, 0) is 42.3 Å². The number of fused-ring (bicyclic) bond motifs is 1. The highest BCUT2D eigenvalue weighted by Crippen LogP contribution is 2.19. The average molecular weight is 333 g/mol. The summed E-state index contributed by atoms with van der Waals surface area (Å²) >= 11 is 0. The zero-order chi connectivity index (χ0) is 17.9. The first-order valence-electron chi connectivity index (χ1n) is 7.61. The van der Waals surface area contributed by atoms with Crippen molar-refractivity contribution in [3.63, 3.8) is 0 Å². The van der Waals surface area contributed by atoms with Crippen molar-refractivity contribution in [3.8, 4) is 0 Å². The number of anilines is 1. The van der Waals surface area contributed by atoms with E-state index in [2.05, 4.69) is 5.32 Å². The second-order valence-electron chi connectivity index (χ2n) is 5.22. The molecule has 1 atom stereocenters. The smallest absolute Gasteiger partial charge is 0.450 e. The molecule has 1 amide bonds. The van der Waals surface area contributed by atoms with Crippen LogP contribution in [0.15, 0.2) is 42.5 Å². The van der Waals surface area contributed by atoms with Crippen LogP contribution in [0.5, 0.6) is 0 Å². The third kappa shape index (κ3) is 7.08. The average Bonchev–Trinajstić information content (AvgIpc) is 2.54. The van der Waals surface area contributed by atoms with Crippen LogP contribution in [0, 0.1) is 0 Å². The van der Waals surface area contributed by atoms with E-state index in [4.69, 9.17) is 26.5 Å². The predicted octanol–water partition coefficient (Wildman–Crippen LogP) is 2.46. The summed E-state index contributed by atoms with van der Waals surface area (Å²) in [6, 6.07) is 13.4. The molecular weight excluding hydrogens is 310 g/mol. The third-order valence-electron chi connectivity index (χ3n) is 3.32. The van der Waals surface area contributed by atoms with Gasteiger partial charge in [-0.25, -0.2) is 4.79 Å². The van der Waals surface area contributed by atoms with Crippen molar-refractivity contribution in [1.29, 1.82) is 0 Å². The van der Waals surface area contributed by atoms with E-state index in [0.717, 1.165) is 29.3 Å². The molecule has 0 spiro atoms. The number of unbranched alkanes of at least 4 members (excludes halogenated alkanes) is 1. The Hall–Kier alpha value is -2.64. The SMILES string of the molecule is NCCCC[C@@H](N)C(=O)Nc1ccc2ccccc2c1.O=C(O)O. The lowest BCUT2D eigenvalue weighted by molar-refractivity contribution is -0.117. The van der Waals surface area contributed by atoms with Crippen molar-refractivity contribution in [2.45, 2.75) is 25.3 Å². The molecule has 24 heavy (non-hydrogen) atoms. The van der Waals surface area contributed by atoms with Crippen LogP contribution in [0.1, 0.15) is 19.3 Å². The molecule has 0 heterocycles. The van der Waals surface area contributed by atoms with Crippen LogP contribution in [-0.4, -0.2) is 34.9 Å². The summed E-state index contributed by atoms with van der Waals surface area (Å²) in [5, 5.41) is 19.1. The first kappa shape index (κ1) is 19.4. The van der Waals surface area contributed by atoms with Gasteiger partial charge in [0.05, 0.1) is 6.04 Å². The number of amides is 1. The number of carbonyl (C=O) groups excluding carboxylic acids is 1. The van der Waals surface area contributed by atoms with Crippen molar-refractivity contribution < 1.29 is 19.8 Å². The predicted molar refractivity (Wildman–Crippen MR) is 94.1 cm³/mol.